The monoisotopic (exact) mass is 202 g/mol. The van der Waals surface area contributed by atoms with Crippen molar-refractivity contribution in [3.05, 3.63) is 18.2 Å². The van der Waals surface area contributed by atoms with Crippen LogP contribution in [0.15, 0.2) is 17.6 Å². The van der Waals surface area contributed by atoms with E-state index in [0.29, 0.717) is 11.5 Å². The second kappa shape index (κ2) is 2.47. The predicted molar refractivity (Wildman–Crippen MR) is 57.6 cm³/mol. The molecular formula is C9H10N6. The van der Waals surface area contributed by atoms with Gasteiger partial charge in [0.2, 0.25) is 0 Å². The van der Waals surface area contributed by atoms with Crippen molar-refractivity contribution in [2.24, 2.45) is 17.9 Å². The summed E-state index contributed by atoms with van der Waals surface area (Å²) in [5, 5.41) is 6.90. The van der Waals surface area contributed by atoms with E-state index in [0.717, 1.165) is 16.7 Å². The van der Waals surface area contributed by atoms with Crippen LogP contribution in [0.2, 0.25) is 0 Å². The van der Waals surface area contributed by atoms with Crippen LogP contribution in [0.3, 0.4) is 0 Å². The number of anilines is 1. The normalized spacial score (nSPS) is 14.5. The molecule has 6 nitrogen and oxygen atoms in total. The molecule has 0 aromatic carbocycles. The maximum absolute atomic E-state index is 5.81. The Bertz CT molecular complexity index is 582. The fourth-order valence-corrected chi connectivity index (χ4v) is 1.89. The highest BCUT2D eigenvalue weighted by Gasteiger charge is 2.22. The van der Waals surface area contributed by atoms with E-state index in [1.165, 1.54) is 6.33 Å². The van der Waals surface area contributed by atoms with Gasteiger partial charge in [-0.2, -0.15) is 5.10 Å². The van der Waals surface area contributed by atoms with E-state index in [2.05, 4.69) is 15.1 Å². The lowest BCUT2D eigenvalue weighted by Gasteiger charge is -2.17. The van der Waals surface area contributed by atoms with E-state index >= 15 is 0 Å². The van der Waals surface area contributed by atoms with E-state index in [4.69, 9.17) is 5.73 Å². The Labute approximate surface area is 86.0 Å². The standard InChI is InChI=1S/C9H10N6/c1-14-3-5-6-7(8(10)13-15(5)2)11-4-12-9(6)14/h3-4H,1-2H3,(H2,10,13). The molecule has 0 amide bonds. The molecule has 0 atom stereocenters. The van der Waals surface area contributed by atoms with Crippen molar-refractivity contribution in [3.8, 4) is 0 Å². The highest BCUT2D eigenvalue weighted by Crippen LogP contribution is 2.31. The SMILES string of the molecule is CN1N=C(N)c2ncnc3c2c1cn3C. The third-order valence-corrected chi connectivity index (χ3v) is 2.58. The Morgan fingerprint density at radius 1 is 1.27 bits per heavy atom. The summed E-state index contributed by atoms with van der Waals surface area (Å²) in [6, 6.07) is 0. The fraction of sp³-hybridized carbons (Fsp3) is 0.222. The second-order valence-electron chi connectivity index (χ2n) is 3.55. The number of hydrogen-bond donors (Lipinski definition) is 1. The molecule has 0 aliphatic carbocycles. The van der Waals surface area contributed by atoms with Gasteiger partial charge in [-0.1, -0.05) is 0 Å². The molecule has 0 fully saturated rings. The van der Waals surface area contributed by atoms with Gasteiger partial charge in [-0.25, -0.2) is 9.97 Å². The first kappa shape index (κ1) is 8.22. The number of aromatic nitrogens is 3. The number of aryl methyl sites for hydroxylation is 1. The van der Waals surface area contributed by atoms with Crippen LogP contribution in [-0.4, -0.2) is 27.4 Å². The average Bonchev–Trinajstić information content (AvgIpc) is 2.55. The smallest absolute Gasteiger partial charge is 0.170 e. The first-order chi connectivity index (χ1) is 7.18. The zero-order valence-corrected chi connectivity index (χ0v) is 8.47. The van der Waals surface area contributed by atoms with Crippen molar-refractivity contribution in [2.45, 2.75) is 0 Å². The molecule has 2 N–H and O–H groups in total. The Balaban J connectivity index is 2.52. The van der Waals surface area contributed by atoms with Crippen LogP contribution in [-0.2, 0) is 7.05 Å². The zero-order chi connectivity index (χ0) is 10.6. The lowest BCUT2D eigenvalue weighted by Crippen LogP contribution is -2.25. The van der Waals surface area contributed by atoms with Crippen LogP contribution in [0.4, 0.5) is 5.69 Å². The van der Waals surface area contributed by atoms with Crippen molar-refractivity contribution in [3.63, 3.8) is 0 Å². The summed E-state index contributed by atoms with van der Waals surface area (Å²) in [5.74, 6) is 0.434. The number of nitrogens with zero attached hydrogens (tertiary/aromatic N) is 5. The number of hydrazone groups is 1. The molecule has 76 valence electrons. The lowest BCUT2D eigenvalue weighted by molar-refractivity contribution is 0.935. The molecule has 3 rings (SSSR count). The van der Waals surface area contributed by atoms with Crippen LogP contribution in [0, 0.1) is 0 Å². The largest absolute Gasteiger partial charge is 0.380 e. The maximum atomic E-state index is 5.81. The molecule has 3 heterocycles. The van der Waals surface area contributed by atoms with Gasteiger partial charge >= 0.3 is 0 Å². The van der Waals surface area contributed by atoms with Gasteiger partial charge in [-0.05, 0) is 0 Å². The van der Waals surface area contributed by atoms with Crippen LogP contribution in [0.5, 0.6) is 0 Å². The van der Waals surface area contributed by atoms with E-state index in [9.17, 15) is 0 Å². The van der Waals surface area contributed by atoms with Crippen molar-refractivity contribution < 1.29 is 0 Å². The van der Waals surface area contributed by atoms with E-state index in [-0.39, 0.29) is 0 Å². The van der Waals surface area contributed by atoms with Crippen molar-refractivity contribution in [1.82, 2.24) is 14.5 Å². The van der Waals surface area contributed by atoms with Gasteiger partial charge in [0.25, 0.3) is 0 Å². The van der Waals surface area contributed by atoms with Gasteiger partial charge < -0.3 is 10.3 Å². The van der Waals surface area contributed by atoms with Gasteiger partial charge in [0.15, 0.2) is 5.84 Å². The minimum atomic E-state index is 0.434. The van der Waals surface area contributed by atoms with Gasteiger partial charge in [-0.15, -0.1) is 0 Å². The van der Waals surface area contributed by atoms with Crippen LogP contribution in [0.25, 0.3) is 11.0 Å². The summed E-state index contributed by atoms with van der Waals surface area (Å²) in [4.78, 5) is 8.39. The first-order valence-electron chi connectivity index (χ1n) is 4.56. The molecule has 2 aromatic heterocycles. The summed E-state index contributed by atoms with van der Waals surface area (Å²) < 4.78 is 1.94. The third kappa shape index (κ3) is 0.903. The lowest BCUT2D eigenvalue weighted by atomic mass is 10.2. The van der Waals surface area contributed by atoms with Gasteiger partial charge in [0, 0.05) is 20.3 Å². The van der Waals surface area contributed by atoms with Crippen LogP contribution < -0.4 is 10.7 Å². The maximum Gasteiger partial charge on any atom is 0.170 e. The summed E-state index contributed by atoms with van der Waals surface area (Å²) in [6.45, 7) is 0. The topological polar surface area (TPSA) is 72.3 Å². The van der Waals surface area contributed by atoms with Crippen LogP contribution in [0.1, 0.15) is 5.69 Å². The number of amidine groups is 1. The molecule has 1 aliphatic rings. The van der Waals surface area contributed by atoms with Crippen molar-refractivity contribution >= 4 is 22.6 Å². The highest BCUT2D eigenvalue weighted by atomic mass is 15.5. The van der Waals surface area contributed by atoms with Crippen molar-refractivity contribution in [2.75, 3.05) is 12.1 Å². The molecular weight excluding hydrogens is 192 g/mol. The minimum absolute atomic E-state index is 0.434. The van der Waals surface area contributed by atoms with Crippen LogP contribution >= 0.6 is 0 Å². The Morgan fingerprint density at radius 2 is 2.07 bits per heavy atom. The van der Waals surface area contributed by atoms with Gasteiger partial charge in [0.1, 0.15) is 17.7 Å². The Kier molecular flexibility index (Phi) is 1.35. The second-order valence-corrected chi connectivity index (χ2v) is 3.55. The molecule has 1 aliphatic heterocycles. The summed E-state index contributed by atoms with van der Waals surface area (Å²) in [7, 11) is 3.80. The zero-order valence-electron chi connectivity index (χ0n) is 8.47. The predicted octanol–water partition coefficient (Wildman–Crippen LogP) is 0.0384. The Morgan fingerprint density at radius 3 is 2.87 bits per heavy atom. The molecule has 0 radical (unpaired) electrons. The summed E-state index contributed by atoms with van der Waals surface area (Å²) >= 11 is 0. The van der Waals surface area contributed by atoms with E-state index in [1.54, 1.807) is 5.01 Å². The summed E-state index contributed by atoms with van der Waals surface area (Å²) in [6.07, 6.45) is 3.48. The highest BCUT2D eigenvalue weighted by molar-refractivity contribution is 6.12. The molecule has 15 heavy (non-hydrogen) atoms. The molecule has 0 unspecified atom stereocenters. The Hall–Kier alpha value is -2.11. The average molecular weight is 202 g/mol. The van der Waals surface area contributed by atoms with E-state index < -0.39 is 0 Å². The van der Waals surface area contributed by atoms with Gasteiger partial charge in [0.05, 0.1) is 11.1 Å². The quantitative estimate of drug-likeness (QED) is 0.654. The number of nitrogens with two attached hydrogens (primary N) is 1. The minimum Gasteiger partial charge on any atom is -0.380 e. The third-order valence-electron chi connectivity index (χ3n) is 2.58. The number of hydrogen-bond acceptors (Lipinski definition) is 5. The molecule has 0 bridgehead atoms. The molecule has 2 aromatic rings. The van der Waals surface area contributed by atoms with Gasteiger partial charge in [-0.3, -0.25) is 5.01 Å². The molecule has 0 saturated carbocycles. The molecule has 0 saturated heterocycles. The number of rotatable bonds is 0. The summed E-state index contributed by atoms with van der Waals surface area (Å²) in [5.41, 5.74) is 8.39. The van der Waals surface area contributed by atoms with Crippen molar-refractivity contribution in [1.29, 1.82) is 0 Å². The van der Waals surface area contributed by atoms with E-state index in [1.807, 2.05) is 24.9 Å². The molecule has 0 spiro atoms. The molecule has 6 heteroatoms. The first-order valence-corrected chi connectivity index (χ1v) is 4.56. The fourth-order valence-electron chi connectivity index (χ4n) is 1.89.